The zero-order valence-corrected chi connectivity index (χ0v) is 15.4. The van der Waals surface area contributed by atoms with Crippen LogP contribution in [0.4, 0.5) is 5.69 Å². The SMILES string of the molecule is O=C(CCNC(=O)c1ccc([N+](=O)[O-])cc1)Oc1ccc(-c2ccccc2)cc1. The minimum absolute atomic E-state index is 0.000835. The number of hydrogen-bond donors (Lipinski definition) is 1. The van der Waals surface area contributed by atoms with E-state index in [0.717, 1.165) is 11.1 Å². The molecule has 29 heavy (non-hydrogen) atoms. The quantitative estimate of drug-likeness (QED) is 0.285. The van der Waals surface area contributed by atoms with Gasteiger partial charge in [0.2, 0.25) is 0 Å². The Morgan fingerprint density at radius 3 is 2.10 bits per heavy atom. The Balaban J connectivity index is 1.46. The van der Waals surface area contributed by atoms with Crippen molar-refractivity contribution in [2.75, 3.05) is 6.54 Å². The molecule has 0 atom stereocenters. The van der Waals surface area contributed by atoms with E-state index < -0.39 is 16.8 Å². The van der Waals surface area contributed by atoms with Crippen LogP contribution < -0.4 is 10.1 Å². The van der Waals surface area contributed by atoms with Gasteiger partial charge in [-0.25, -0.2) is 0 Å². The largest absolute Gasteiger partial charge is 0.426 e. The summed E-state index contributed by atoms with van der Waals surface area (Å²) in [5, 5.41) is 13.2. The van der Waals surface area contributed by atoms with E-state index in [0.29, 0.717) is 5.75 Å². The molecule has 0 heterocycles. The van der Waals surface area contributed by atoms with Crippen LogP contribution in [0, 0.1) is 10.1 Å². The topological polar surface area (TPSA) is 98.5 Å². The first-order valence-electron chi connectivity index (χ1n) is 8.92. The monoisotopic (exact) mass is 390 g/mol. The highest BCUT2D eigenvalue weighted by Gasteiger charge is 2.11. The Labute approximate surface area is 167 Å². The van der Waals surface area contributed by atoms with Crippen molar-refractivity contribution in [3.8, 4) is 16.9 Å². The lowest BCUT2D eigenvalue weighted by Gasteiger charge is -2.07. The molecule has 1 N–H and O–H groups in total. The van der Waals surface area contributed by atoms with Crippen molar-refractivity contribution >= 4 is 17.6 Å². The Morgan fingerprint density at radius 2 is 1.48 bits per heavy atom. The molecule has 146 valence electrons. The first-order valence-corrected chi connectivity index (χ1v) is 8.92. The number of carbonyl (C=O) groups excluding carboxylic acids is 2. The van der Waals surface area contributed by atoms with Gasteiger partial charge in [0.15, 0.2) is 0 Å². The zero-order valence-electron chi connectivity index (χ0n) is 15.4. The predicted octanol–water partition coefficient (Wildman–Crippen LogP) is 3.99. The number of hydrogen-bond acceptors (Lipinski definition) is 5. The van der Waals surface area contributed by atoms with Gasteiger partial charge in [-0.3, -0.25) is 19.7 Å². The second-order valence-corrected chi connectivity index (χ2v) is 6.17. The first kappa shape index (κ1) is 19.8. The van der Waals surface area contributed by atoms with Crippen LogP contribution in [0.1, 0.15) is 16.8 Å². The summed E-state index contributed by atoms with van der Waals surface area (Å²) in [4.78, 5) is 34.0. The van der Waals surface area contributed by atoms with Gasteiger partial charge in [0.25, 0.3) is 11.6 Å². The molecule has 1 amide bonds. The third-order valence-electron chi connectivity index (χ3n) is 4.15. The van der Waals surface area contributed by atoms with E-state index in [4.69, 9.17) is 4.74 Å². The minimum Gasteiger partial charge on any atom is -0.426 e. The second kappa shape index (κ2) is 9.27. The van der Waals surface area contributed by atoms with E-state index in [1.807, 2.05) is 42.5 Å². The molecule has 0 aliphatic carbocycles. The second-order valence-electron chi connectivity index (χ2n) is 6.17. The van der Waals surface area contributed by atoms with Crippen LogP contribution in [0.25, 0.3) is 11.1 Å². The molecule has 3 aromatic carbocycles. The summed E-state index contributed by atoms with van der Waals surface area (Å²) in [5.74, 6) is -0.460. The van der Waals surface area contributed by atoms with Gasteiger partial charge in [-0.15, -0.1) is 0 Å². The third kappa shape index (κ3) is 5.49. The molecule has 7 nitrogen and oxygen atoms in total. The number of carbonyl (C=O) groups is 2. The van der Waals surface area contributed by atoms with Crippen molar-refractivity contribution < 1.29 is 19.2 Å². The molecule has 7 heteroatoms. The molecule has 3 rings (SSSR count). The highest BCUT2D eigenvalue weighted by atomic mass is 16.6. The van der Waals surface area contributed by atoms with Crippen LogP contribution in [0.15, 0.2) is 78.9 Å². The third-order valence-corrected chi connectivity index (χ3v) is 4.15. The Bertz CT molecular complexity index is 1000. The van der Waals surface area contributed by atoms with Gasteiger partial charge in [-0.2, -0.15) is 0 Å². The Kier molecular flexibility index (Phi) is 6.32. The van der Waals surface area contributed by atoms with Crippen LogP contribution in [0.3, 0.4) is 0 Å². The number of rotatable bonds is 7. The molecule has 0 aliphatic heterocycles. The summed E-state index contributed by atoms with van der Waals surface area (Å²) in [6.07, 6.45) is -0.000835. The number of amides is 1. The van der Waals surface area contributed by atoms with Crippen molar-refractivity contribution in [3.63, 3.8) is 0 Å². The average molecular weight is 390 g/mol. The molecule has 0 aliphatic rings. The zero-order chi connectivity index (χ0) is 20.6. The fraction of sp³-hybridized carbons (Fsp3) is 0.0909. The van der Waals surface area contributed by atoms with E-state index in [2.05, 4.69) is 5.32 Å². The van der Waals surface area contributed by atoms with E-state index in [9.17, 15) is 19.7 Å². The highest BCUT2D eigenvalue weighted by Crippen LogP contribution is 2.22. The minimum atomic E-state index is -0.538. The predicted molar refractivity (Wildman–Crippen MR) is 108 cm³/mol. The summed E-state index contributed by atoms with van der Waals surface area (Å²) >= 11 is 0. The fourth-order valence-electron chi connectivity index (χ4n) is 2.64. The summed E-state index contributed by atoms with van der Waals surface area (Å²) in [5.41, 5.74) is 2.27. The van der Waals surface area contributed by atoms with Gasteiger partial charge in [0, 0.05) is 24.2 Å². The number of nitro benzene ring substituents is 1. The van der Waals surface area contributed by atoms with Gasteiger partial charge in [-0.05, 0) is 35.4 Å². The molecule has 0 saturated heterocycles. The molecule has 0 saturated carbocycles. The maximum absolute atomic E-state index is 12.0. The van der Waals surface area contributed by atoms with E-state index >= 15 is 0 Å². The smallest absolute Gasteiger partial charge is 0.312 e. The number of nitro groups is 1. The van der Waals surface area contributed by atoms with Gasteiger partial charge in [0.1, 0.15) is 5.75 Å². The maximum atomic E-state index is 12.0. The number of nitrogens with zero attached hydrogens (tertiary/aromatic N) is 1. The molecule has 0 fully saturated rings. The molecular formula is C22H18N2O5. The van der Waals surface area contributed by atoms with Gasteiger partial charge < -0.3 is 10.1 Å². The molecule has 0 bridgehead atoms. The fourth-order valence-corrected chi connectivity index (χ4v) is 2.64. The van der Waals surface area contributed by atoms with Crippen molar-refractivity contribution in [2.45, 2.75) is 6.42 Å². The van der Waals surface area contributed by atoms with Crippen LogP contribution in [0.5, 0.6) is 5.75 Å². The average Bonchev–Trinajstić information content (AvgIpc) is 2.75. The maximum Gasteiger partial charge on any atom is 0.312 e. The first-order chi connectivity index (χ1) is 14.0. The van der Waals surface area contributed by atoms with Crippen molar-refractivity contribution in [2.24, 2.45) is 0 Å². The van der Waals surface area contributed by atoms with Crippen LogP contribution in [-0.4, -0.2) is 23.3 Å². The number of non-ortho nitro benzene ring substituents is 1. The molecule has 3 aromatic rings. The van der Waals surface area contributed by atoms with E-state index in [-0.39, 0.29) is 24.2 Å². The summed E-state index contributed by atoms with van der Waals surface area (Å²) in [7, 11) is 0. The van der Waals surface area contributed by atoms with E-state index in [1.54, 1.807) is 12.1 Å². The normalized spacial score (nSPS) is 10.2. The standard InChI is InChI=1S/C22H18N2O5/c25-21(14-15-23-22(26)18-6-10-19(11-7-18)24(27)28)29-20-12-8-17(9-13-20)16-4-2-1-3-5-16/h1-13H,14-15H2,(H,23,26). The van der Waals surface area contributed by atoms with Crippen molar-refractivity contribution in [1.82, 2.24) is 5.32 Å². The highest BCUT2D eigenvalue weighted by molar-refractivity contribution is 5.94. The number of benzene rings is 3. The van der Waals surface area contributed by atoms with Crippen molar-refractivity contribution in [1.29, 1.82) is 0 Å². The molecule has 0 aromatic heterocycles. The molecule has 0 unspecified atom stereocenters. The lowest BCUT2D eigenvalue weighted by atomic mass is 10.1. The summed E-state index contributed by atoms with van der Waals surface area (Å²) in [6.45, 7) is 0.0940. The number of nitrogens with one attached hydrogen (secondary N) is 1. The van der Waals surface area contributed by atoms with Gasteiger partial charge >= 0.3 is 5.97 Å². The van der Waals surface area contributed by atoms with Crippen LogP contribution in [0.2, 0.25) is 0 Å². The number of esters is 1. The Hall–Kier alpha value is -4.00. The lowest BCUT2D eigenvalue weighted by molar-refractivity contribution is -0.384. The molecule has 0 spiro atoms. The van der Waals surface area contributed by atoms with Crippen molar-refractivity contribution in [3.05, 3.63) is 94.5 Å². The van der Waals surface area contributed by atoms with Crippen LogP contribution in [-0.2, 0) is 4.79 Å². The van der Waals surface area contributed by atoms with E-state index in [1.165, 1.54) is 24.3 Å². The number of ether oxygens (including phenoxy) is 1. The Morgan fingerprint density at radius 1 is 0.862 bits per heavy atom. The summed E-state index contributed by atoms with van der Waals surface area (Å²) in [6, 6.07) is 22.2. The molecule has 0 radical (unpaired) electrons. The lowest BCUT2D eigenvalue weighted by Crippen LogP contribution is -2.27. The van der Waals surface area contributed by atoms with Crippen LogP contribution >= 0.6 is 0 Å². The summed E-state index contributed by atoms with van der Waals surface area (Å²) < 4.78 is 5.27. The van der Waals surface area contributed by atoms with Gasteiger partial charge in [0.05, 0.1) is 11.3 Å². The van der Waals surface area contributed by atoms with Gasteiger partial charge in [-0.1, -0.05) is 42.5 Å². The molecular weight excluding hydrogens is 372 g/mol.